The number of carbonyl (C=O) groups is 2. The zero-order valence-corrected chi connectivity index (χ0v) is 12.6. The number of carboxylic acids is 1. The van der Waals surface area contributed by atoms with Crippen molar-refractivity contribution in [3.05, 3.63) is 83.6 Å². The highest BCUT2D eigenvalue weighted by atomic mass is 16.4. The van der Waals surface area contributed by atoms with E-state index in [9.17, 15) is 14.7 Å². The molecule has 1 aromatic heterocycles. The predicted octanol–water partition coefficient (Wildman–Crippen LogP) is 3.62. The molecule has 1 N–H and O–H groups in total. The Morgan fingerprint density at radius 1 is 0.826 bits per heavy atom. The summed E-state index contributed by atoms with van der Waals surface area (Å²) >= 11 is 0. The number of aromatic carboxylic acids is 1. The highest BCUT2D eigenvalue weighted by molar-refractivity contribution is 6.13. The van der Waals surface area contributed by atoms with E-state index in [2.05, 4.69) is 0 Å². The Kier molecular flexibility index (Phi) is 3.81. The molecule has 0 aliphatic carbocycles. The first-order valence-electron chi connectivity index (χ1n) is 7.17. The van der Waals surface area contributed by atoms with Crippen molar-refractivity contribution in [3.63, 3.8) is 0 Å². The van der Waals surface area contributed by atoms with E-state index in [-0.39, 0.29) is 16.9 Å². The fraction of sp³-hybridized carbons (Fsp3) is 0.0526. The van der Waals surface area contributed by atoms with Gasteiger partial charge in [0.25, 0.3) is 0 Å². The van der Waals surface area contributed by atoms with Gasteiger partial charge >= 0.3 is 5.97 Å². The summed E-state index contributed by atoms with van der Waals surface area (Å²) in [5.74, 6) is -1.40. The van der Waals surface area contributed by atoms with Gasteiger partial charge in [0.1, 0.15) is 0 Å². The normalized spacial score (nSPS) is 10.5. The number of hydrogen-bond donors (Lipinski definition) is 1. The molecule has 2 aromatic carbocycles. The molecule has 0 unspecified atom stereocenters. The van der Waals surface area contributed by atoms with Crippen molar-refractivity contribution in [3.8, 4) is 11.3 Å². The van der Waals surface area contributed by atoms with Gasteiger partial charge in [-0.25, -0.2) is 4.79 Å². The molecule has 3 rings (SSSR count). The van der Waals surface area contributed by atoms with Crippen LogP contribution in [0.4, 0.5) is 0 Å². The van der Waals surface area contributed by atoms with E-state index >= 15 is 0 Å². The molecule has 0 aliphatic rings. The Morgan fingerprint density at radius 3 is 2.09 bits per heavy atom. The number of ketones is 1. The molecule has 0 bridgehead atoms. The summed E-state index contributed by atoms with van der Waals surface area (Å²) < 4.78 is 1.79. The van der Waals surface area contributed by atoms with Crippen molar-refractivity contribution in [2.75, 3.05) is 0 Å². The molecular formula is C19H15NO3. The second-order valence-corrected chi connectivity index (χ2v) is 5.21. The maximum absolute atomic E-state index is 12.8. The summed E-state index contributed by atoms with van der Waals surface area (Å²) in [6.45, 7) is 0. The number of aromatic nitrogens is 1. The van der Waals surface area contributed by atoms with Crippen LogP contribution in [0.25, 0.3) is 11.3 Å². The monoisotopic (exact) mass is 305 g/mol. The van der Waals surface area contributed by atoms with Crippen LogP contribution in [0.5, 0.6) is 0 Å². The van der Waals surface area contributed by atoms with Crippen LogP contribution in [0.2, 0.25) is 0 Å². The van der Waals surface area contributed by atoms with Gasteiger partial charge in [0, 0.05) is 18.3 Å². The molecule has 4 heteroatoms. The summed E-state index contributed by atoms with van der Waals surface area (Å²) in [5, 5.41) is 9.25. The second-order valence-electron chi connectivity index (χ2n) is 5.21. The van der Waals surface area contributed by atoms with Crippen molar-refractivity contribution in [1.29, 1.82) is 0 Å². The SMILES string of the molecule is Cn1c(C(=O)c2ccccc2C(=O)O)ccc1-c1ccccc1. The molecule has 4 nitrogen and oxygen atoms in total. The summed E-state index contributed by atoms with van der Waals surface area (Å²) in [6, 6.07) is 19.6. The van der Waals surface area contributed by atoms with Crippen molar-refractivity contribution >= 4 is 11.8 Å². The minimum absolute atomic E-state index is 0.0139. The van der Waals surface area contributed by atoms with Crippen LogP contribution < -0.4 is 0 Å². The number of rotatable bonds is 4. The van der Waals surface area contributed by atoms with E-state index in [0.717, 1.165) is 11.3 Å². The van der Waals surface area contributed by atoms with Gasteiger partial charge in [-0.1, -0.05) is 48.5 Å². The van der Waals surface area contributed by atoms with Crippen LogP contribution in [0.3, 0.4) is 0 Å². The molecule has 1 heterocycles. The maximum Gasteiger partial charge on any atom is 0.336 e. The first-order valence-corrected chi connectivity index (χ1v) is 7.17. The Balaban J connectivity index is 2.06. The molecule has 0 radical (unpaired) electrons. The number of hydrogen-bond acceptors (Lipinski definition) is 2. The van der Waals surface area contributed by atoms with Gasteiger partial charge in [0.2, 0.25) is 5.78 Å². The van der Waals surface area contributed by atoms with Gasteiger partial charge in [0.05, 0.1) is 11.3 Å². The van der Waals surface area contributed by atoms with Gasteiger partial charge in [-0.15, -0.1) is 0 Å². The lowest BCUT2D eigenvalue weighted by Gasteiger charge is -2.09. The van der Waals surface area contributed by atoms with E-state index in [1.54, 1.807) is 35.9 Å². The molecule has 3 aromatic rings. The van der Waals surface area contributed by atoms with Crippen molar-refractivity contribution in [1.82, 2.24) is 4.57 Å². The minimum atomic E-state index is -1.11. The van der Waals surface area contributed by atoms with E-state index in [0.29, 0.717) is 5.69 Å². The molecule has 0 atom stereocenters. The quantitative estimate of drug-likeness (QED) is 0.749. The van der Waals surface area contributed by atoms with Gasteiger partial charge in [-0.05, 0) is 23.8 Å². The standard InChI is InChI=1S/C19H15NO3/c1-20-16(13-7-3-2-4-8-13)11-12-17(20)18(21)14-9-5-6-10-15(14)19(22)23/h2-12H,1H3,(H,22,23). The lowest BCUT2D eigenvalue weighted by atomic mass is 10.0. The summed E-state index contributed by atoms with van der Waals surface area (Å²) in [7, 11) is 1.80. The van der Waals surface area contributed by atoms with Crippen LogP contribution >= 0.6 is 0 Å². The Labute approximate surface area is 133 Å². The lowest BCUT2D eigenvalue weighted by molar-refractivity contribution is 0.0692. The third-order valence-electron chi connectivity index (χ3n) is 3.83. The van der Waals surface area contributed by atoms with E-state index in [1.807, 2.05) is 36.4 Å². The van der Waals surface area contributed by atoms with Crippen LogP contribution in [-0.4, -0.2) is 21.4 Å². The Bertz CT molecular complexity index is 879. The van der Waals surface area contributed by atoms with Crippen molar-refractivity contribution in [2.24, 2.45) is 7.05 Å². The third-order valence-corrected chi connectivity index (χ3v) is 3.83. The van der Waals surface area contributed by atoms with Crippen molar-refractivity contribution in [2.45, 2.75) is 0 Å². The maximum atomic E-state index is 12.8. The summed E-state index contributed by atoms with van der Waals surface area (Å²) in [5.41, 5.74) is 2.57. The fourth-order valence-corrected chi connectivity index (χ4v) is 2.64. The molecule has 114 valence electrons. The second kappa shape index (κ2) is 5.93. The molecule has 23 heavy (non-hydrogen) atoms. The molecule has 0 saturated carbocycles. The van der Waals surface area contributed by atoms with E-state index in [4.69, 9.17) is 0 Å². The average molecular weight is 305 g/mol. The van der Waals surface area contributed by atoms with Crippen LogP contribution in [0.15, 0.2) is 66.7 Å². The van der Waals surface area contributed by atoms with E-state index in [1.165, 1.54) is 6.07 Å². The smallest absolute Gasteiger partial charge is 0.336 e. The summed E-state index contributed by atoms with van der Waals surface area (Å²) in [6.07, 6.45) is 0. The van der Waals surface area contributed by atoms with Crippen molar-refractivity contribution < 1.29 is 14.7 Å². The van der Waals surface area contributed by atoms with Crippen LogP contribution in [0, 0.1) is 0 Å². The van der Waals surface area contributed by atoms with Crippen LogP contribution in [0.1, 0.15) is 26.4 Å². The van der Waals surface area contributed by atoms with Gasteiger partial charge < -0.3 is 9.67 Å². The van der Waals surface area contributed by atoms with Crippen LogP contribution in [-0.2, 0) is 7.05 Å². The number of nitrogens with zero attached hydrogens (tertiary/aromatic N) is 1. The topological polar surface area (TPSA) is 59.3 Å². The molecular weight excluding hydrogens is 290 g/mol. The molecule has 0 spiro atoms. The number of benzene rings is 2. The van der Waals surface area contributed by atoms with Gasteiger partial charge in [-0.2, -0.15) is 0 Å². The molecule has 0 amide bonds. The predicted molar refractivity (Wildman–Crippen MR) is 87.7 cm³/mol. The first kappa shape index (κ1) is 14.8. The Hall–Kier alpha value is -3.14. The zero-order chi connectivity index (χ0) is 16.4. The molecule has 0 saturated heterocycles. The van der Waals surface area contributed by atoms with E-state index < -0.39 is 5.97 Å². The first-order chi connectivity index (χ1) is 11.1. The number of carbonyl (C=O) groups excluding carboxylic acids is 1. The zero-order valence-electron chi connectivity index (χ0n) is 12.6. The third kappa shape index (κ3) is 2.66. The molecule has 0 fully saturated rings. The minimum Gasteiger partial charge on any atom is -0.478 e. The number of carboxylic acid groups (broad SMARTS) is 1. The molecule has 0 aliphatic heterocycles. The summed E-state index contributed by atoms with van der Waals surface area (Å²) in [4.78, 5) is 24.1. The van der Waals surface area contributed by atoms with Gasteiger partial charge in [-0.3, -0.25) is 4.79 Å². The lowest BCUT2D eigenvalue weighted by Crippen LogP contribution is -2.12. The highest BCUT2D eigenvalue weighted by Crippen LogP contribution is 2.23. The Morgan fingerprint density at radius 2 is 1.43 bits per heavy atom. The largest absolute Gasteiger partial charge is 0.478 e. The highest BCUT2D eigenvalue weighted by Gasteiger charge is 2.20. The fourth-order valence-electron chi connectivity index (χ4n) is 2.64. The van der Waals surface area contributed by atoms with Gasteiger partial charge in [0.15, 0.2) is 0 Å². The average Bonchev–Trinajstić information content (AvgIpc) is 2.96.